The summed E-state index contributed by atoms with van der Waals surface area (Å²) in [6.45, 7) is 4.85. The standard InChI is InChI=1S/C15H19ClN2O2/c1-11-2-3-14-13(8-11)17-15(4-5-16)18(14)9-12-10-19-6-7-20-12/h2-3,8,12H,4-7,9-10H2,1H3. The third-order valence-corrected chi connectivity index (χ3v) is 3.76. The van der Waals surface area contributed by atoms with Gasteiger partial charge in [0.05, 0.1) is 43.5 Å². The number of rotatable bonds is 4. The summed E-state index contributed by atoms with van der Waals surface area (Å²) in [6, 6.07) is 6.35. The molecular formula is C15H19ClN2O2. The first kappa shape index (κ1) is 13.9. The molecule has 0 saturated carbocycles. The largest absolute Gasteiger partial charge is 0.376 e. The summed E-state index contributed by atoms with van der Waals surface area (Å²) in [5.74, 6) is 1.60. The van der Waals surface area contributed by atoms with Crippen molar-refractivity contribution >= 4 is 22.6 Å². The Morgan fingerprint density at radius 2 is 2.30 bits per heavy atom. The van der Waals surface area contributed by atoms with E-state index in [4.69, 9.17) is 26.1 Å². The minimum atomic E-state index is 0.0940. The van der Waals surface area contributed by atoms with Crippen molar-refractivity contribution in [3.63, 3.8) is 0 Å². The van der Waals surface area contributed by atoms with Crippen LogP contribution in [0.3, 0.4) is 0 Å². The minimum Gasteiger partial charge on any atom is -0.376 e. The number of hydrogen-bond acceptors (Lipinski definition) is 3. The van der Waals surface area contributed by atoms with Gasteiger partial charge in [-0.1, -0.05) is 6.07 Å². The molecule has 1 aliphatic rings. The van der Waals surface area contributed by atoms with Crippen LogP contribution in [0.1, 0.15) is 11.4 Å². The van der Waals surface area contributed by atoms with Crippen LogP contribution in [-0.2, 0) is 22.4 Å². The highest BCUT2D eigenvalue weighted by Gasteiger charge is 2.18. The Hall–Kier alpha value is -1.10. The van der Waals surface area contributed by atoms with Gasteiger partial charge >= 0.3 is 0 Å². The highest BCUT2D eigenvalue weighted by molar-refractivity contribution is 6.17. The van der Waals surface area contributed by atoms with Crippen molar-refractivity contribution in [2.24, 2.45) is 0 Å². The van der Waals surface area contributed by atoms with E-state index >= 15 is 0 Å². The fraction of sp³-hybridized carbons (Fsp3) is 0.533. The summed E-state index contributed by atoms with van der Waals surface area (Å²) < 4.78 is 13.4. The highest BCUT2D eigenvalue weighted by Crippen LogP contribution is 2.20. The maximum Gasteiger partial charge on any atom is 0.111 e. The Bertz CT molecular complexity index is 591. The SMILES string of the molecule is Cc1ccc2c(c1)nc(CCCl)n2CC1COCCO1. The van der Waals surface area contributed by atoms with Crippen LogP contribution in [0.25, 0.3) is 11.0 Å². The summed E-state index contributed by atoms with van der Waals surface area (Å²) in [6.07, 6.45) is 0.861. The molecular weight excluding hydrogens is 276 g/mol. The van der Waals surface area contributed by atoms with Gasteiger partial charge in [-0.15, -0.1) is 11.6 Å². The summed E-state index contributed by atoms with van der Waals surface area (Å²) in [5, 5.41) is 0. The lowest BCUT2D eigenvalue weighted by molar-refractivity contribution is -0.0934. The predicted octanol–water partition coefficient (Wildman–Crippen LogP) is 2.54. The van der Waals surface area contributed by atoms with E-state index in [1.807, 2.05) is 0 Å². The van der Waals surface area contributed by atoms with Crippen LogP contribution in [0.15, 0.2) is 18.2 Å². The first-order valence-corrected chi connectivity index (χ1v) is 7.52. The number of fused-ring (bicyclic) bond motifs is 1. The normalized spacial score (nSPS) is 19.6. The molecule has 1 aromatic heterocycles. The van der Waals surface area contributed by atoms with Gasteiger partial charge in [0.15, 0.2) is 0 Å². The average molecular weight is 295 g/mol. The van der Waals surface area contributed by atoms with Crippen LogP contribution >= 0.6 is 11.6 Å². The zero-order valence-electron chi connectivity index (χ0n) is 11.6. The summed E-state index contributed by atoms with van der Waals surface area (Å²) in [7, 11) is 0. The zero-order chi connectivity index (χ0) is 13.9. The number of alkyl halides is 1. The highest BCUT2D eigenvalue weighted by atomic mass is 35.5. The second kappa shape index (κ2) is 6.12. The maximum atomic E-state index is 5.90. The minimum absolute atomic E-state index is 0.0940. The topological polar surface area (TPSA) is 36.3 Å². The molecule has 108 valence electrons. The molecule has 0 bridgehead atoms. The molecule has 4 nitrogen and oxygen atoms in total. The van der Waals surface area contributed by atoms with Gasteiger partial charge in [0, 0.05) is 12.3 Å². The number of nitrogens with zero attached hydrogens (tertiary/aromatic N) is 2. The molecule has 1 aromatic carbocycles. The molecule has 20 heavy (non-hydrogen) atoms. The number of halogens is 1. The van der Waals surface area contributed by atoms with Crippen LogP contribution in [0.2, 0.25) is 0 Å². The lowest BCUT2D eigenvalue weighted by Gasteiger charge is -2.24. The Labute approximate surface area is 123 Å². The average Bonchev–Trinajstić information content (AvgIpc) is 2.77. The molecule has 2 aromatic rings. The molecule has 0 radical (unpaired) electrons. The van der Waals surface area contributed by atoms with Crippen molar-refractivity contribution in [1.29, 1.82) is 0 Å². The molecule has 1 aliphatic heterocycles. The number of imidazole rings is 1. The third-order valence-electron chi connectivity index (χ3n) is 3.57. The molecule has 1 saturated heterocycles. The molecule has 1 unspecified atom stereocenters. The van der Waals surface area contributed by atoms with E-state index in [9.17, 15) is 0 Å². The zero-order valence-corrected chi connectivity index (χ0v) is 12.4. The molecule has 0 amide bonds. The number of aryl methyl sites for hydroxylation is 2. The smallest absolute Gasteiger partial charge is 0.111 e. The lowest BCUT2D eigenvalue weighted by Crippen LogP contribution is -2.32. The van der Waals surface area contributed by atoms with Crippen molar-refractivity contribution in [2.45, 2.75) is 26.0 Å². The van der Waals surface area contributed by atoms with Gasteiger partial charge in [0.25, 0.3) is 0 Å². The molecule has 0 aliphatic carbocycles. The van der Waals surface area contributed by atoms with Crippen LogP contribution in [-0.4, -0.2) is 41.4 Å². The molecule has 0 N–H and O–H groups in total. The first-order chi connectivity index (χ1) is 9.78. The van der Waals surface area contributed by atoms with Gasteiger partial charge in [0.1, 0.15) is 5.82 Å². The quantitative estimate of drug-likeness (QED) is 0.813. The van der Waals surface area contributed by atoms with Gasteiger partial charge in [0.2, 0.25) is 0 Å². The van der Waals surface area contributed by atoms with E-state index in [1.165, 1.54) is 5.56 Å². The maximum absolute atomic E-state index is 5.90. The van der Waals surface area contributed by atoms with Crippen molar-refractivity contribution in [2.75, 3.05) is 25.7 Å². The molecule has 5 heteroatoms. The fourth-order valence-corrected chi connectivity index (χ4v) is 2.78. The number of ether oxygens (including phenoxy) is 2. The van der Waals surface area contributed by atoms with Crippen LogP contribution in [0, 0.1) is 6.92 Å². The van der Waals surface area contributed by atoms with E-state index in [-0.39, 0.29) is 6.10 Å². The third kappa shape index (κ3) is 2.82. The fourth-order valence-electron chi connectivity index (χ4n) is 2.61. The second-order valence-electron chi connectivity index (χ2n) is 5.14. The molecule has 0 spiro atoms. The number of benzene rings is 1. The molecule has 3 rings (SSSR count). The van der Waals surface area contributed by atoms with Crippen LogP contribution in [0.4, 0.5) is 0 Å². The number of aromatic nitrogens is 2. The monoisotopic (exact) mass is 294 g/mol. The van der Waals surface area contributed by atoms with Gasteiger partial charge in [-0.25, -0.2) is 4.98 Å². The van der Waals surface area contributed by atoms with Crippen LogP contribution < -0.4 is 0 Å². The number of hydrogen-bond donors (Lipinski definition) is 0. The summed E-state index contributed by atoms with van der Waals surface area (Å²) >= 11 is 5.90. The van der Waals surface area contributed by atoms with Crippen molar-refractivity contribution in [3.05, 3.63) is 29.6 Å². The molecule has 2 heterocycles. The van der Waals surface area contributed by atoms with Gasteiger partial charge in [-0.05, 0) is 24.6 Å². The molecule has 1 fully saturated rings. The van der Waals surface area contributed by atoms with E-state index in [0.717, 1.165) is 29.8 Å². The molecule has 1 atom stereocenters. The lowest BCUT2D eigenvalue weighted by atomic mass is 10.2. The Kier molecular flexibility index (Phi) is 4.24. The summed E-state index contributed by atoms with van der Waals surface area (Å²) in [4.78, 5) is 4.71. The van der Waals surface area contributed by atoms with E-state index in [2.05, 4.69) is 29.7 Å². The van der Waals surface area contributed by atoms with Crippen LogP contribution in [0.5, 0.6) is 0 Å². The first-order valence-electron chi connectivity index (χ1n) is 6.99. The van der Waals surface area contributed by atoms with E-state index < -0.39 is 0 Å². The Morgan fingerprint density at radius 1 is 1.40 bits per heavy atom. The van der Waals surface area contributed by atoms with Crippen molar-refractivity contribution in [1.82, 2.24) is 9.55 Å². The van der Waals surface area contributed by atoms with E-state index in [1.54, 1.807) is 0 Å². The van der Waals surface area contributed by atoms with Crippen molar-refractivity contribution in [3.8, 4) is 0 Å². The Balaban J connectivity index is 1.95. The van der Waals surface area contributed by atoms with Gasteiger partial charge < -0.3 is 14.0 Å². The second-order valence-corrected chi connectivity index (χ2v) is 5.52. The predicted molar refractivity (Wildman–Crippen MR) is 79.5 cm³/mol. The van der Waals surface area contributed by atoms with Crippen molar-refractivity contribution < 1.29 is 9.47 Å². The van der Waals surface area contributed by atoms with Gasteiger partial charge in [-0.3, -0.25) is 0 Å². The summed E-state index contributed by atoms with van der Waals surface area (Å²) in [5.41, 5.74) is 3.39. The van der Waals surface area contributed by atoms with Gasteiger partial charge in [-0.2, -0.15) is 0 Å². The Morgan fingerprint density at radius 3 is 3.05 bits per heavy atom. The van der Waals surface area contributed by atoms with E-state index in [0.29, 0.717) is 25.7 Å².